The molecule has 0 spiro atoms. The number of rotatable bonds is 6. The van der Waals surface area contributed by atoms with Gasteiger partial charge in [-0.15, -0.1) is 0 Å². The minimum atomic E-state index is 0.0660. The molecule has 0 aromatic carbocycles. The quantitative estimate of drug-likeness (QED) is 0.596. The Morgan fingerprint density at radius 1 is 1.23 bits per heavy atom. The van der Waals surface area contributed by atoms with Gasteiger partial charge in [-0.25, -0.2) is 0 Å². The predicted molar refractivity (Wildman–Crippen MR) is 50.7 cm³/mol. The molecule has 1 fully saturated rings. The summed E-state index contributed by atoms with van der Waals surface area (Å²) in [5, 5.41) is 0. The number of methoxy groups -OCH3 is 1. The third kappa shape index (κ3) is 5.24. The Balaban J connectivity index is 1.86. The monoisotopic (exact) mass is 188 g/mol. The molecule has 1 rings (SSSR count). The molecule has 13 heavy (non-hydrogen) atoms. The molecular weight excluding hydrogens is 168 g/mol. The topological polar surface area (TPSA) is 27.7 Å². The molecular formula is C10H20O3. The van der Waals surface area contributed by atoms with Gasteiger partial charge in [0.05, 0.1) is 0 Å². The van der Waals surface area contributed by atoms with Crippen molar-refractivity contribution in [3.8, 4) is 0 Å². The Labute approximate surface area is 80.4 Å². The molecule has 1 unspecified atom stereocenters. The van der Waals surface area contributed by atoms with E-state index in [1.54, 1.807) is 7.11 Å². The minimum absolute atomic E-state index is 0.0660. The van der Waals surface area contributed by atoms with Gasteiger partial charge in [0.25, 0.3) is 0 Å². The number of ether oxygens (including phenoxy) is 3. The van der Waals surface area contributed by atoms with Gasteiger partial charge >= 0.3 is 0 Å². The lowest BCUT2D eigenvalue weighted by molar-refractivity contribution is -0.163. The highest BCUT2D eigenvalue weighted by Gasteiger charge is 2.12. The average molecular weight is 188 g/mol. The van der Waals surface area contributed by atoms with Gasteiger partial charge in [0.1, 0.15) is 0 Å². The van der Waals surface area contributed by atoms with Gasteiger partial charge in [-0.1, -0.05) is 0 Å². The maximum absolute atomic E-state index is 5.55. The van der Waals surface area contributed by atoms with Crippen molar-refractivity contribution in [1.82, 2.24) is 0 Å². The summed E-state index contributed by atoms with van der Waals surface area (Å²) in [5.41, 5.74) is 0. The van der Waals surface area contributed by atoms with Crippen molar-refractivity contribution >= 4 is 0 Å². The molecule has 1 aliphatic rings. The normalized spacial score (nSPS) is 23.3. The van der Waals surface area contributed by atoms with E-state index in [-0.39, 0.29) is 6.29 Å². The van der Waals surface area contributed by atoms with Gasteiger partial charge in [-0.2, -0.15) is 0 Å². The Morgan fingerprint density at radius 2 is 2.08 bits per heavy atom. The van der Waals surface area contributed by atoms with E-state index in [2.05, 4.69) is 0 Å². The Bertz CT molecular complexity index is 111. The van der Waals surface area contributed by atoms with Crippen LogP contribution in [-0.4, -0.2) is 33.2 Å². The van der Waals surface area contributed by atoms with Crippen LogP contribution in [0.4, 0.5) is 0 Å². The first kappa shape index (κ1) is 11.0. The molecule has 0 saturated carbocycles. The van der Waals surface area contributed by atoms with E-state index < -0.39 is 0 Å². The fraction of sp³-hybridized carbons (Fsp3) is 1.00. The van der Waals surface area contributed by atoms with Crippen LogP contribution in [0.2, 0.25) is 0 Å². The van der Waals surface area contributed by atoms with Crippen LogP contribution in [0.25, 0.3) is 0 Å². The summed E-state index contributed by atoms with van der Waals surface area (Å²) < 4.78 is 15.9. The first-order chi connectivity index (χ1) is 6.43. The molecule has 0 amide bonds. The Hall–Kier alpha value is -0.120. The second-order valence-corrected chi connectivity index (χ2v) is 3.37. The summed E-state index contributed by atoms with van der Waals surface area (Å²) in [5.74, 6) is 0. The predicted octanol–water partition coefficient (Wildman–Crippen LogP) is 1.96. The van der Waals surface area contributed by atoms with Crippen LogP contribution in [0, 0.1) is 0 Å². The molecule has 1 aliphatic heterocycles. The second-order valence-electron chi connectivity index (χ2n) is 3.37. The Morgan fingerprint density at radius 3 is 2.77 bits per heavy atom. The van der Waals surface area contributed by atoms with Gasteiger partial charge in [-0.3, -0.25) is 0 Å². The highest BCUT2D eigenvalue weighted by atomic mass is 16.7. The van der Waals surface area contributed by atoms with E-state index in [9.17, 15) is 0 Å². The zero-order chi connectivity index (χ0) is 9.36. The molecule has 78 valence electrons. The standard InChI is InChI=1S/C10H20O3/c1-11-7-4-5-9-13-10-6-2-3-8-12-10/h10H,2-9H2,1H3. The summed E-state index contributed by atoms with van der Waals surface area (Å²) >= 11 is 0. The van der Waals surface area contributed by atoms with Crippen molar-refractivity contribution in [2.45, 2.75) is 38.4 Å². The highest BCUT2D eigenvalue weighted by molar-refractivity contribution is 4.53. The maximum Gasteiger partial charge on any atom is 0.157 e. The van der Waals surface area contributed by atoms with Crippen LogP contribution in [0.5, 0.6) is 0 Å². The van der Waals surface area contributed by atoms with E-state index in [0.29, 0.717) is 0 Å². The maximum atomic E-state index is 5.55. The highest BCUT2D eigenvalue weighted by Crippen LogP contribution is 2.13. The van der Waals surface area contributed by atoms with Crippen molar-refractivity contribution in [2.24, 2.45) is 0 Å². The summed E-state index contributed by atoms with van der Waals surface area (Å²) in [6.45, 7) is 2.49. The van der Waals surface area contributed by atoms with Gasteiger partial charge < -0.3 is 14.2 Å². The summed E-state index contributed by atoms with van der Waals surface area (Å²) in [4.78, 5) is 0. The second kappa shape index (κ2) is 7.30. The van der Waals surface area contributed by atoms with Crippen molar-refractivity contribution in [2.75, 3.05) is 26.9 Å². The lowest BCUT2D eigenvalue weighted by Gasteiger charge is -2.22. The lowest BCUT2D eigenvalue weighted by atomic mass is 10.2. The third-order valence-electron chi connectivity index (χ3n) is 2.18. The molecule has 1 heterocycles. The summed E-state index contributed by atoms with van der Waals surface area (Å²) in [7, 11) is 1.73. The van der Waals surface area contributed by atoms with Crippen LogP contribution >= 0.6 is 0 Å². The van der Waals surface area contributed by atoms with Gasteiger partial charge in [0.2, 0.25) is 0 Å². The molecule has 3 heteroatoms. The molecule has 0 N–H and O–H groups in total. The summed E-state index contributed by atoms with van der Waals surface area (Å²) in [6.07, 6.45) is 5.68. The van der Waals surface area contributed by atoms with Crippen LogP contribution in [0.3, 0.4) is 0 Å². The molecule has 1 atom stereocenters. The number of hydrogen-bond acceptors (Lipinski definition) is 3. The van der Waals surface area contributed by atoms with Crippen LogP contribution in [-0.2, 0) is 14.2 Å². The Kier molecular flexibility index (Phi) is 6.15. The van der Waals surface area contributed by atoms with Crippen LogP contribution < -0.4 is 0 Å². The molecule has 1 saturated heterocycles. The molecule has 0 aromatic heterocycles. The molecule has 0 bridgehead atoms. The number of hydrogen-bond donors (Lipinski definition) is 0. The van der Waals surface area contributed by atoms with Crippen molar-refractivity contribution in [1.29, 1.82) is 0 Å². The van der Waals surface area contributed by atoms with Gasteiger partial charge in [0.15, 0.2) is 6.29 Å². The average Bonchev–Trinajstić information content (AvgIpc) is 2.19. The lowest BCUT2D eigenvalue weighted by Crippen LogP contribution is -2.22. The first-order valence-electron chi connectivity index (χ1n) is 5.15. The third-order valence-corrected chi connectivity index (χ3v) is 2.18. The largest absolute Gasteiger partial charge is 0.385 e. The smallest absolute Gasteiger partial charge is 0.157 e. The van der Waals surface area contributed by atoms with Crippen molar-refractivity contribution in [3.63, 3.8) is 0 Å². The van der Waals surface area contributed by atoms with E-state index in [4.69, 9.17) is 14.2 Å². The molecule has 0 aromatic rings. The zero-order valence-corrected chi connectivity index (χ0v) is 8.46. The van der Waals surface area contributed by atoms with Crippen LogP contribution in [0.15, 0.2) is 0 Å². The molecule has 3 nitrogen and oxygen atoms in total. The fourth-order valence-corrected chi connectivity index (χ4v) is 1.41. The number of unbranched alkanes of at least 4 members (excludes halogenated alkanes) is 1. The van der Waals surface area contributed by atoms with Crippen molar-refractivity contribution < 1.29 is 14.2 Å². The SMILES string of the molecule is COCCCCOC1CCCCO1. The van der Waals surface area contributed by atoms with Gasteiger partial charge in [-0.05, 0) is 32.1 Å². The first-order valence-corrected chi connectivity index (χ1v) is 5.15. The van der Waals surface area contributed by atoms with E-state index >= 15 is 0 Å². The van der Waals surface area contributed by atoms with E-state index in [0.717, 1.165) is 39.1 Å². The minimum Gasteiger partial charge on any atom is -0.385 e. The van der Waals surface area contributed by atoms with Crippen LogP contribution in [0.1, 0.15) is 32.1 Å². The summed E-state index contributed by atoms with van der Waals surface area (Å²) in [6, 6.07) is 0. The van der Waals surface area contributed by atoms with E-state index in [1.165, 1.54) is 12.8 Å². The van der Waals surface area contributed by atoms with Gasteiger partial charge in [0, 0.05) is 26.9 Å². The molecule has 0 aliphatic carbocycles. The van der Waals surface area contributed by atoms with Crippen molar-refractivity contribution in [3.05, 3.63) is 0 Å². The zero-order valence-electron chi connectivity index (χ0n) is 8.46. The fourth-order valence-electron chi connectivity index (χ4n) is 1.41. The molecule has 0 radical (unpaired) electrons. The van der Waals surface area contributed by atoms with E-state index in [1.807, 2.05) is 0 Å².